The second-order valence-electron chi connectivity index (χ2n) is 8.05. The number of carbonyl (C=O) groups is 2. The minimum Gasteiger partial charge on any atom is -0.343 e. The first-order chi connectivity index (χ1) is 15.4. The number of fused-ring (bicyclic) bond motifs is 1. The molecule has 3 heterocycles. The van der Waals surface area contributed by atoms with Crippen molar-refractivity contribution < 1.29 is 9.59 Å². The number of hydrogen-bond donors (Lipinski definition) is 2. The third-order valence-corrected chi connectivity index (χ3v) is 6.15. The topological polar surface area (TPSA) is 100 Å². The van der Waals surface area contributed by atoms with Gasteiger partial charge in [0.1, 0.15) is 5.82 Å². The molecule has 1 fully saturated rings. The Labute approximate surface area is 190 Å². The van der Waals surface area contributed by atoms with Gasteiger partial charge in [-0.15, -0.1) is 0 Å². The summed E-state index contributed by atoms with van der Waals surface area (Å²) in [6, 6.07) is 10.9. The molecule has 0 aliphatic carbocycles. The first-order valence-electron chi connectivity index (χ1n) is 10.7. The van der Waals surface area contributed by atoms with Crippen LogP contribution in [-0.4, -0.2) is 44.3 Å². The van der Waals surface area contributed by atoms with E-state index >= 15 is 0 Å². The number of anilines is 1. The molecule has 2 amide bonds. The normalized spacial score (nSPS) is 14.5. The first-order valence-corrected chi connectivity index (χ1v) is 11.1. The standard InChI is InChI=1S/C23H25N5O3S/c1-15-6-10-24-19(14-15)26-21(30)16-7-11-27(12-8-16)20(29)9-13-28-22(31)17-4-2-3-5-18(17)25-23(28)32/h2-6,10,14,16H,7-9,11-13H2,1H3,(H,25,32)(H,24,26,30). The number of benzene rings is 1. The van der Waals surface area contributed by atoms with E-state index in [-0.39, 0.29) is 36.3 Å². The van der Waals surface area contributed by atoms with Crippen LogP contribution < -0.4 is 10.9 Å². The van der Waals surface area contributed by atoms with Crippen LogP contribution in [0.1, 0.15) is 24.8 Å². The zero-order chi connectivity index (χ0) is 22.7. The fraction of sp³-hybridized carbons (Fsp3) is 0.348. The SMILES string of the molecule is Cc1ccnc(NC(=O)C2CCN(C(=O)CCn3c(=S)[nH]c4ccccc4c3=O)CC2)c1. The third kappa shape index (κ3) is 4.77. The van der Waals surface area contributed by atoms with Crippen molar-refractivity contribution in [1.29, 1.82) is 0 Å². The van der Waals surface area contributed by atoms with Crippen molar-refractivity contribution in [3.05, 3.63) is 63.3 Å². The molecule has 4 rings (SSSR count). The van der Waals surface area contributed by atoms with Gasteiger partial charge < -0.3 is 15.2 Å². The molecule has 8 nitrogen and oxygen atoms in total. The highest BCUT2D eigenvalue weighted by Crippen LogP contribution is 2.20. The predicted molar refractivity (Wildman–Crippen MR) is 125 cm³/mol. The Kier molecular flexibility index (Phi) is 6.45. The highest BCUT2D eigenvalue weighted by Gasteiger charge is 2.27. The summed E-state index contributed by atoms with van der Waals surface area (Å²) in [7, 11) is 0. The van der Waals surface area contributed by atoms with Gasteiger partial charge in [0.25, 0.3) is 5.56 Å². The van der Waals surface area contributed by atoms with E-state index in [1.807, 2.05) is 25.1 Å². The second kappa shape index (κ2) is 9.44. The molecule has 0 radical (unpaired) electrons. The number of piperidine rings is 1. The number of hydrogen-bond acceptors (Lipinski definition) is 5. The van der Waals surface area contributed by atoms with Gasteiger partial charge in [0.05, 0.1) is 10.9 Å². The Balaban J connectivity index is 1.32. The van der Waals surface area contributed by atoms with Crippen LogP contribution in [0, 0.1) is 17.6 Å². The number of likely N-dealkylation sites (tertiary alicyclic amines) is 1. The van der Waals surface area contributed by atoms with Crippen molar-refractivity contribution in [3.63, 3.8) is 0 Å². The van der Waals surface area contributed by atoms with Crippen molar-refractivity contribution in [1.82, 2.24) is 19.4 Å². The van der Waals surface area contributed by atoms with Crippen LogP contribution in [0.2, 0.25) is 0 Å². The molecule has 0 atom stereocenters. The smallest absolute Gasteiger partial charge is 0.262 e. The van der Waals surface area contributed by atoms with Gasteiger partial charge in [0.2, 0.25) is 11.8 Å². The van der Waals surface area contributed by atoms with Crippen molar-refractivity contribution in [3.8, 4) is 0 Å². The van der Waals surface area contributed by atoms with Crippen LogP contribution >= 0.6 is 12.2 Å². The van der Waals surface area contributed by atoms with E-state index in [0.717, 1.165) is 5.56 Å². The number of nitrogens with one attached hydrogen (secondary N) is 2. The fourth-order valence-corrected chi connectivity index (χ4v) is 4.28. The lowest BCUT2D eigenvalue weighted by Gasteiger charge is -2.31. The summed E-state index contributed by atoms with van der Waals surface area (Å²) < 4.78 is 1.74. The number of aromatic nitrogens is 3. The molecule has 9 heteroatoms. The van der Waals surface area contributed by atoms with Gasteiger partial charge in [-0.05, 0) is 61.8 Å². The fourth-order valence-electron chi connectivity index (χ4n) is 3.99. The Morgan fingerprint density at radius 3 is 2.72 bits per heavy atom. The monoisotopic (exact) mass is 451 g/mol. The van der Waals surface area contributed by atoms with E-state index in [0.29, 0.717) is 47.4 Å². The molecule has 2 N–H and O–H groups in total. The largest absolute Gasteiger partial charge is 0.343 e. The van der Waals surface area contributed by atoms with Gasteiger partial charge in [0, 0.05) is 38.2 Å². The van der Waals surface area contributed by atoms with E-state index in [2.05, 4.69) is 15.3 Å². The third-order valence-electron chi connectivity index (χ3n) is 5.82. The Morgan fingerprint density at radius 2 is 1.97 bits per heavy atom. The average molecular weight is 452 g/mol. The van der Waals surface area contributed by atoms with E-state index in [9.17, 15) is 14.4 Å². The first kappa shape index (κ1) is 21.9. The van der Waals surface area contributed by atoms with Crippen molar-refractivity contribution >= 4 is 40.8 Å². The molecule has 1 saturated heterocycles. The Bertz CT molecular complexity index is 1270. The van der Waals surface area contributed by atoms with E-state index < -0.39 is 0 Å². The molecule has 0 unspecified atom stereocenters. The summed E-state index contributed by atoms with van der Waals surface area (Å²) in [5.74, 6) is 0.284. The van der Waals surface area contributed by atoms with Crippen molar-refractivity contribution in [2.75, 3.05) is 18.4 Å². The van der Waals surface area contributed by atoms with E-state index in [1.165, 1.54) is 4.57 Å². The number of carbonyl (C=O) groups excluding carboxylic acids is 2. The summed E-state index contributed by atoms with van der Waals surface area (Å²) >= 11 is 5.31. The predicted octanol–water partition coefficient (Wildman–Crippen LogP) is 3.03. The number of H-pyrrole nitrogens is 1. The minimum absolute atomic E-state index is 0.0429. The van der Waals surface area contributed by atoms with Gasteiger partial charge >= 0.3 is 0 Å². The van der Waals surface area contributed by atoms with E-state index in [4.69, 9.17) is 12.2 Å². The average Bonchev–Trinajstić information content (AvgIpc) is 2.79. The molecule has 1 aromatic carbocycles. The second-order valence-corrected chi connectivity index (χ2v) is 8.43. The zero-order valence-electron chi connectivity index (χ0n) is 17.8. The van der Waals surface area contributed by atoms with Crippen LogP contribution in [0.4, 0.5) is 5.82 Å². The maximum Gasteiger partial charge on any atom is 0.262 e. The van der Waals surface area contributed by atoms with Crippen LogP contribution in [0.15, 0.2) is 47.4 Å². The van der Waals surface area contributed by atoms with Crippen molar-refractivity contribution in [2.24, 2.45) is 5.92 Å². The maximum absolute atomic E-state index is 12.7. The summed E-state index contributed by atoms with van der Waals surface area (Å²) in [5.41, 5.74) is 1.52. The van der Waals surface area contributed by atoms with E-state index in [1.54, 1.807) is 29.3 Å². The number of aromatic amines is 1. The van der Waals surface area contributed by atoms with Crippen LogP contribution in [0.5, 0.6) is 0 Å². The lowest BCUT2D eigenvalue weighted by atomic mass is 9.95. The number of rotatable bonds is 5. The van der Waals surface area contributed by atoms with Gasteiger partial charge in [-0.2, -0.15) is 0 Å². The van der Waals surface area contributed by atoms with Crippen LogP contribution in [-0.2, 0) is 16.1 Å². The highest BCUT2D eigenvalue weighted by molar-refractivity contribution is 7.71. The van der Waals surface area contributed by atoms with Crippen molar-refractivity contribution in [2.45, 2.75) is 32.7 Å². The van der Waals surface area contributed by atoms with Gasteiger partial charge in [0.15, 0.2) is 4.77 Å². The number of pyridine rings is 1. The quantitative estimate of drug-likeness (QED) is 0.581. The van der Waals surface area contributed by atoms with Gasteiger partial charge in [-0.1, -0.05) is 12.1 Å². The van der Waals surface area contributed by atoms with Gasteiger partial charge in [-0.25, -0.2) is 4.98 Å². The molecule has 3 aromatic rings. The molecule has 0 bridgehead atoms. The van der Waals surface area contributed by atoms with Crippen LogP contribution in [0.25, 0.3) is 10.9 Å². The molecular weight excluding hydrogens is 426 g/mol. The zero-order valence-corrected chi connectivity index (χ0v) is 18.7. The molecule has 2 aromatic heterocycles. The summed E-state index contributed by atoms with van der Waals surface area (Å²) in [6.45, 7) is 3.19. The Morgan fingerprint density at radius 1 is 1.22 bits per heavy atom. The Hall–Kier alpha value is -3.33. The molecule has 1 aliphatic heterocycles. The molecule has 166 valence electrons. The number of amides is 2. The highest BCUT2D eigenvalue weighted by atomic mass is 32.1. The van der Waals surface area contributed by atoms with Crippen LogP contribution in [0.3, 0.4) is 0 Å². The molecular formula is C23H25N5O3S. The summed E-state index contributed by atoms with van der Waals surface area (Å²) in [4.78, 5) is 47.0. The lowest BCUT2D eigenvalue weighted by molar-refractivity contribution is -0.134. The molecule has 32 heavy (non-hydrogen) atoms. The number of aryl methyl sites for hydroxylation is 1. The maximum atomic E-state index is 12.7. The summed E-state index contributed by atoms with van der Waals surface area (Å²) in [5, 5.41) is 3.41. The molecule has 0 spiro atoms. The molecule has 1 aliphatic rings. The lowest BCUT2D eigenvalue weighted by Crippen LogP contribution is -2.42. The minimum atomic E-state index is -0.197. The summed E-state index contributed by atoms with van der Waals surface area (Å²) in [6.07, 6.45) is 3.04. The molecule has 0 saturated carbocycles. The van der Waals surface area contributed by atoms with Gasteiger partial charge in [-0.3, -0.25) is 19.0 Å². The number of nitrogens with zero attached hydrogens (tertiary/aromatic N) is 3. The number of para-hydroxylation sites is 1.